The largest absolute Gasteiger partial charge is 0.488 e. The molecule has 1 aliphatic heterocycles. The summed E-state index contributed by atoms with van der Waals surface area (Å²) in [6.45, 7) is 8.57. The molecule has 1 aliphatic rings. The van der Waals surface area contributed by atoms with Crippen LogP contribution in [-0.4, -0.2) is 66.9 Å². The fourth-order valence-electron chi connectivity index (χ4n) is 3.17. The molecule has 1 aromatic carbocycles. The molecule has 1 aromatic rings. The monoisotopic (exact) mass is 392 g/mol. The Kier molecular flexibility index (Phi) is 7.65. The number of nitrogens with zero attached hydrogens (tertiary/aromatic N) is 1. The van der Waals surface area contributed by atoms with Gasteiger partial charge in [0.1, 0.15) is 11.9 Å². The van der Waals surface area contributed by atoms with Gasteiger partial charge < -0.3 is 30.7 Å². The number of hydrogen-bond acceptors (Lipinski definition) is 5. The second kappa shape index (κ2) is 9.75. The van der Waals surface area contributed by atoms with Crippen molar-refractivity contribution in [3.8, 4) is 5.75 Å². The van der Waals surface area contributed by atoms with Crippen LogP contribution in [0, 0.1) is 5.92 Å². The van der Waals surface area contributed by atoms with Gasteiger partial charge in [0.05, 0.1) is 18.2 Å². The first-order valence-electron chi connectivity index (χ1n) is 9.71. The van der Waals surface area contributed by atoms with Gasteiger partial charge in [0.25, 0.3) is 5.91 Å². The summed E-state index contributed by atoms with van der Waals surface area (Å²) in [4.78, 5) is 26.9. The van der Waals surface area contributed by atoms with Crippen molar-refractivity contribution in [3.05, 3.63) is 23.8 Å². The first-order chi connectivity index (χ1) is 13.3. The molecule has 4 N–H and O–H groups in total. The van der Waals surface area contributed by atoms with E-state index in [2.05, 4.69) is 16.0 Å². The normalized spacial score (nSPS) is 20.7. The zero-order chi connectivity index (χ0) is 20.8. The molecule has 3 amide bonds. The number of likely N-dealkylation sites (N-methyl/N-ethyl adjacent to an activating group) is 1. The molecular formula is C20H32N4O4. The van der Waals surface area contributed by atoms with Crippen LogP contribution in [0.25, 0.3) is 0 Å². The Labute approximate surface area is 166 Å². The van der Waals surface area contributed by atoms with Crippen LogP contribution < -0.4 is 20.7 Å². The molecule has 8 heteroatoms. The summed E-state index contributed by atoms with van der Waals surface area (Å²) in [6, 6.07) is 4.39. The molecule has 0 bridgehead atoms. The van der Waals surface area contributed by atoms with Crippen molar-refractivity contribution in [3.63, 3.8) is 0 Å². The molecule has 0 spiro atoms. The third-order valence-electron chi connectivity index (χ3n) is 4.75. The van der Waals surface area contributed by atoms with Crippen molar-refractivity contribution in [2.75, 3.05) is 32.1 Å². The molecule has 0 fully saturated rings. The predicted octanol–water partition coefficient (Wildman–Crippen LogP) is 1.66. The van der Waals surface area contributed by atoms with E-state index in [1.54, 1.807) is 23.1 Å². The maximum absolute atomic E-state index is 13.2. The summed E-state index contributed by atoms with van der Waals surface area (Å²) in [5, 5.41) is 18.3. The summed E-state index contributed by atoms with van der Waals surface area (Å²) in [5.41, 5.74) is 0.875. The Hall–Kier alpha value is -2.32. The Balaban J connectivity index is 2.39. The van der Waals surface area contributed by atoms with Crippen molar-refractivity contribution in [2.24, 2.45) is 5.92 Å². The number of carbonyl (C=O) groups is 2. The van der Waals surface area contributed by atoms with Gasteiger partial charge in [-0.1, -0.05) is 6.92 Å². The van der Waals surface area contributed by atoms with E-state index in [-0.39, 0.29) is 42.7 Å². The van der Waals surface area contributed by atoms with Crippen LogP contribution in [0.5, 0.6) is 5.75 Å². The first kappa shape index (κ1) is 22.0. The van der Waals surface area contributed by atoms with Crippen LogP contribution >= 0.6 is 0 Å². The standard InChI is InChI=1S/C20H32N4O4/c1-12(2)22-20(27)23-15-6-7-17-16(8-15)19(26)24(14(4)11-25)10-13(3)18(28-17)9-21-5/h6-8,12-14,18,21,25H,9-11H2,1-5H3,(H2,22,23,27)/t13-,14+,18-/m1/s1. The van der Waals surface area contributed by atoms with E-state index in [0.29, 0.717) is 30.1 Å². The number of aliphatic hydroxyl groups excluding tert-OH is 1. The molecule has 0 saturated heterocycles. The van der Waals surface area contributed by atoms with Gasteiger partial charge in [-0.15, -0.1) is 0 Å². The number of nitrogens with one attached hydrogen (secondary N) is 3. The highest BCUT2D eigenvalue weighted by atomic mass is 16.5. The molecule has 0 radical (unpaired) electrons. The van der Waals surface area contributed by atoms with Crippen LogP contribution in [-0.2, 0) is 0 Å². The van der Waals surface area contributed by atoms with Gasteiger partial charge in [0.15, 0.2) is 0 Å². The number of amides is 3. The minimum Gasteiger partial charge on any atom is -0.488 e. The maximum atomic E-state index is 13.2. The molecule has 156 valence electrons. The van der Waals surface area contributed by atoms with Gasteiger partial charge in [-0.2, -0.15) is 0 Å². The number of hydrogen-bond donors (Lipinski definition) is 4. The van der Waals surface area contributed by atoms with Crippen molar-refractivity contribution in [2.45, 2.75) is 45.9 Å². The molecule has 3 atom stereocenters. The summed E-state index contributed by atoms with van der Waals surface area (Å²) >= 11 is 0. The lowest BCUT2D eigenvalue weighted by molar-refractivity contribution is 0.0416. The molecule has 1 heterocycles. The molecule has 0 aromatic heterocycles. The molecule has 0 aliphatic carbocycles. The number of ether oxygens (including phenoxy) is 1. The van der Waals surface area contributed by atoms with Gasteiger partial charge in [-0.05, 0) is 46.0 Å². The second-order valence-corrected chi connectivity index (χ2v) is 7.64. The third kappa shape index (κ3) is 5.36. The average Bonchev–Trinajstić information content (AvgIpc) is 2.63. The highest BCUT2D eigenvalue weighted by molar-refractivity contribution is 5.99. The van der Waals surface area contributed by atoms with E-state index in [4.69, 9.17) is 4.74 Å². The van der Waals surface area contributed by atoms with Crippen LogP contribution in [0.15, 0.2) is 18.2 Å². The van der Waals surface area contributed by atoms with E-state index in [1.165, 1.54) is 0 Å². The highest BCUT2D eigenvalue weighted by Crippen LogP contribution is 2.30. The van der Waals surface area contributed by atoms with E-state index < -0.39 is 0 Å². The second-order valence-electron chi connectivity index (χ2n) is 7.64. The number of aliphatic hydroxyl groups is 1. The fraction of sp³-hybridized carbons (Fsp3) is 0.600. The quantitative estimate of drug-likeness (QED) is 0.590. The van der Waals surface area contributed by atoms with Crippen LogP contribution in [0.4, 0.5) is 10.5 Å². The highest BCUT2D eigenvalue weighted by Gasteiger charge is 2.32. The molecular weight excluding hydrogens is 360 g/mol. The summed E-state index contributed by atoms with van der Waals surface area (Å²) in [7, 11) is 1.86. The summed E-state index contributed by atoms with van der Waals surface area (Å²) < 4.78 is 6.15. The number of carbonyl (C=O) groups excluding carboxylic acids is 2. The average molecular weight is 393 g/mol. The van der Waals surface area contributed by atoms with Crippen molar-refractivity contribution in [1.29, 1.82) is 0 Å². The first-order valence-corrected chi connectivity index (χ1v) is 9.71. The maximum Gasteiger partial charge on any atom is 0.319 e. The molecule has 0 unspecified atom stereocenters. The van der Waals surface area contributed by atoms with Gasteiger partial charge in [-0.25, -0.2) is 4.79 Å². The van der Waals surface area contributed by atoms with E-state index in [0.717, 1.165) is 0 Å². The smallest absolute Gasteiger partial charge is 0.319 e. The van der Waals surface area contributed by atoms with Crippen LogP contribution in [0.2, 0.25) is 0 Å². The zero-order valence-corrected chi connectivity index (χ0v) is 17.3. The lowest BCUT2D eigenvalue weighted by Crippen LogP contribution is -2.49. The lowest BCUT2D eigenvalue weighted by Gasteiger charge is -2.37. The van der Waals surface area contributed by atoms with Gasteiger partial charge in [0, 0.05) is 30.7 Å². The number of rotatable bonds is 6. The predicted molar refractivity (Wildman–Crippen MR) is 109 cm³/mol. The van der Waals surface area contributed by atoms with Gasteiger partial charge >= 0.3 is 6.03 Å². The SMILES string of the molecule is CNC[C@H]1Oc2ccc(NC(=O)NC(C)C)cc2C(=O)N([C@@H](C)CO)C[C@H]1C. The van der Waals surface area contributed by atoms with Crippen LogP contribution in [0.3, 0.4) is 0 Å². The van der Waals surface area contributed by atoms with Gasteiger partial charge in [0.2, 0.25) is 0 Å². The van der Waals surface area contributed by atoms with Crippen molar-refractivity contribution in [1.82, 2.24) is 15.5 Å². The topological polar surface area (TPSA) is 103 Å². The minimum atomic E-state index is -0.337. The molecule has 0 saturated carbocycles. The molecule has 8 nitrogen and oxygen atoms in total. The van der Waals surface area contributed by atoms with Crippen LogP contribution in [0.1, 0.15) is 38.1 Å². The van der Waals surface area contributed by atoms with Gasteiger partial charge in [-0.3, -0.25) is 4.79 Å². The lowest BCUT2D eigenvalue weighted by atomic mass is 9.99. The number of fused-ring (bicyclic) bond motifs is 1. The molecule has 2 rings (SSSR count). The van der Waals surface area contributed by atoms with Crippen molar-refractivity contribution >= 4 is 17.6 Å². The number of urea groups is 1. The van der Waals surface area contributed by atoms with E-state index in [1.807, 2.05) is 34.7 Å². The van der Waals surface area contributed by atoms with E-state index in [9.17, 15) is 14.7 Å². The Morgan fingerprint density at radius 1 is 1.36 bits per heavy atom. The fourth-order valence-corrected chi connectivity index (χ4v) is 3.17. The van der Waals surface area contributed by atoms with E-state index >= 15 is 0 Å². The number of benzene rings is 1. The minimum absolute atomic E-state index is 0.000935. The zero-order valence-electron chi connectivity index (χ0n) is 17.3. The Morgan fingerprint density at radius 2 is 2.07 bits per heavy atom. The third-order valence-corrected chi connectivity index (χ3v) is 4.75. The van der Waals surface area contributed by atoms with Crippen molar-refractivity contribution < 1.29 is 19.4 Å². The Morgan fingerprint density at radius 3 is 2.68 bits per heavy atom. The summed E-state index contributed by atoms with van der Waals surface area (Å²) in [5.74, 6) is 0.328. The Bertz CT molecular complexity index is 695. The number of anilines is 1. The molecule has 28 heavy (non-hydrogen) atoms. The summed E-state index contributed by atoms with van der Waals surface area (Å²) in [6.07, 6.45) is -0.131.